The topological polar surface area (TPSA) is 67.5 Å². The van der Waals surface area contributed by atoms with E-state index in [9.17, 15) is 4.21 Å². The summed E-state index contributed by atoms with van der Waals surface area (Å²) < 4.78 is 11.8. The van der Waals surface area contributed by atoms with Crippen LogP contribution in [0.2, 0.25) is 0 Å². The number of hydrogen-bond acceptors (Lipinski definition) is 2. The summed E-state index contributed by atoms with van der Waals surface area (Å²) in [4.78, 5) is 4.95. The Morgan fingerprint density at radius 1 is 1.41 bits per heavy atom. The Bertz CT molecular complexity index is 390. The van der Waals surface area contributed by atoms with Gasteiger partial charge < -0.3 is 11.1 Å². The van der Waals surface area contributed by atoms with Gasteiger partial charge in [0, 0.05) is 16.7 Å². The molecule has 94 valence electrons. The molecular formula is C12H19N3OS. The predicted molar refractivity (Wildman–Crippen MR) is 72.5 cm³/mol. The molecule has 0 aromatic heterocycles. The fourth-order valence-corrected chi connectivity index (χ4v) is 2.23. The van der Waals surface area contributed by atoms with Gasteiger partial charge in [-0.25, -0.2) is 0 Å². The van der Waals surface area contributed by atoms with Crippen LogP contribution in [0.5, 0.6) is 0 Å². The van der Waals surface area contributed by atoms with Crippen LogP contribution in [0.4, 0.5) is 0 Å². The molecule has 0 aliphatic rings. The molecule has 1 aromatic carbocycles. The third-order valence-corrected chi connectivity index (χ3v) is 3.35. The van der Waals surface area contributed by atoms with Crippen molar-refractivity contribution < 1.29 is 4.21 Å². The fourth-order valence-electron chi connectivity index (χ4n) is 1.28. The highest BCUT2D eigenvalue weighted by Gasteiger charge is 2.02. The summed E-state index contributed by atoms with van der Waals surface area (Å²) in [5.41, 5.74) is 5.64. The molecule has 0 amide bonds. The summed E-state index contributed by atoms with van der Waals surface area (Å²) in [5, 5.41) is 2.99. The molecule has 0 fully saturated rings. The lowest BCUT2D eigenvalue weighted by Crippen LogP contribution is -2.37. The van der Waals surface area contributed by atoms with Gasteiger partial charge >= 0.3 is 0 Å². The van der Waals surface area contributed by atoms with Gasteiger partial charge in [-0.05, 0) is 26.0 Å². The van der Waals surface area contributed by atoms with Crippen LogP contribution in [0.3, 0.4) is 0 Å². The van der Waals surface area contributed by atoms with Crippen LogP contribution in [-0.2, 0) is 10.8 Å². The van der Waals surface area contributed by atoms with E-state index in [0.717, 1.165) is 4.90 Å². The highest BCUT2D eigenvalue weighted by molar-refractivity contribution is 7.85. The molecule has 0 bridgehead atoms. The maximum absolute atomic E-state index is 11.8. The predicted octanol–water partition coefficient (Wildman–Crippen LogP) is 1.11. The van der Waals surface area contributed by atoms with Crippen molar-refractivity contribution in [1.82, 2.24) is 5.32 Å². The molecule has 3 N–H and O–H groups in total. The average molecular weight is 253 g/mol. The molecule has 0 heterocycles. The molecule has 0 saturated heterocycles. The molecule has 0 spiro atoms. The lowest BCUT2D eigenvalue weighted by Gasteiger charge is -2.08. The molecule has 17 heavy (non-hydrogen) atoms. The summed E-state index contributed by atoms with van der Waals surface area (Å²) in [6, 6.07) is 9.64. The first kappa shape index (κ1) is 13.7. The van der Waals surface area contributed by atoms with Gasteiger partial charge in [-0.3, -0.25) is 9.20 Å². The number of hydrogen-bond donors (Lipinski definition) is 2. The molecule has 0 aliphatic carbocycles. The van der Waals surface area contributed by atoms with Crippen molar-refractivity contribution in [1.29, 1.82) is 0 Å². The van der Waals surface area contributed by atoms with Crippen LogP contribution in [0, 0.1) is 0 Å². The fraction of sp³-hybridized carbons (Fsp3) is 0.417. The number of nitrogens with zero attached hydrogens (tertiary/aromatic N) is 1. The maximum Gasteiger partial charge on any atom is 0.188 e. The Balaban J connectivity index is 2.39. The Morgan fingerprint density at radius 3 is 2.65 bits per heavy atom. The standard InChI is InChI=1S/C12H19N3OS/c1-10(2)15-12(13)14-8-9-17(16)11-6-4-3-5-7-11/h3-7,10H,8-9H2,1-2H3,(H3,13,14,15). The Kier molecular flexibility index (Phi) is 5.69. The first-order valence-corrected chi connectivity index (χ1v) is 6.91. The van der Waals surface area contributed by atoms with E-state index in [0.29, 0.717) is 18.3 Å². The molecule has 1 unspecified atom stereocenters. The normalized spacial score (nSPS) is 13.7. The van der Waals surface area contributed by atoms with Gasteiger partial charge in [-0.1, -0.05) is 18.2 Å². The third kappa shape index (κ3) is 5.49. The molecule has 5 heteroatoms. The van der Waals surface area contributed by atoms with Crippen LogP contribution in [0.15, 0.2) is 40.2 Å². The van der Waals surface area contributed by atoms with E-state index in [4.69, 9.17) is 5.73 Å². The van der Waals surface area contributed by atoms with E-state index in [1.165, 1.54) is 0 Å². The third-order valence-electron chi connectivity index (χ3n) is 2.00. The summed E-state index contributed by atoms with van der Waals surface area (Å²) in [6.07, 6.45) is 0. The van der Waals surface area contributed by atoms with E-state index in [-0.39, 0.29) is 6.04 Å². The van der Waals surface area contributed by atoms with Crippen molar-refractivity contribution in [2.24, 2.45) is 10.7 Å². The van der Waals surface area contributed by atoms with Gasteiger partial charge in [0.15, 0.2) is 5.96 Å². The first-order chi connectivity index (χ1) is 8.09. The molecule has 0 radical (unpaired) electrons. The van der Waals surface area contributed by atoms with E-state index in [1.54, 1.807) is 0 Å². The molecule has 4 nitrogen and oxygen atoms in total. The highest BCUT2D eigenvalue weighted by Crippen LogP contribution is 2.04. The second-order valence-corrected chi connectivity index (χ2v) is 5.50. The number of rotatable bonds is 5. The van der Waals surface area contributed by atoms with Gasteiger partial charge in [-0.15, -0.1) is 0 Å². The van der Waals surface area contributed by atoms with Gasteiger partial charge in [0.2, 0.25) is 0 Å². The molecule has 0 aliphatic heterocycles. The minimum absolute atomic E-state index is 0.262. The van der Waals surface area contributed by atoms with E-state index < -0.39 is 10.8 Å². The highest BCUT2D eigenvalue weighted by atomic mass is 32.2. The number of nitrogens with one attached hydrogen (secondary N) is 1. The second kappa shape index (κ2) is 7.06. The Labute approximate surface area is 105 Å². The smallest absolute Gasteiger partial charge is 0.188 e. The summed E-state index contributed by atoms with van der Waals surface area (Å²) in [7, 11) is -1.00. The average Bonchev–Trinajstić information content (AvgIpc) is 2.29. The number of nitrogens with two attached hydrogens (primary N) is 1. The quantitative estimate of drug-likeness (QED) is 0.610. The molecule has 1 atom stereocenters. The first-order valence-electron chi connectivity index (χ1n) is 5.59. The van der Waals surface area contributed by atoms with Gasteiger partial charge in [0.05, 0.1) is 17.3 Å². The summed E-state index contributed by atoms with van der Waals surface area (Å²) in [6.45, 7) is 4.45. The lowest BCUT2D eigenvalue weighted by atomic mass is 10.4. The van der Waals surface area contributed by atoms with Crippen molar-refractivity contribution in [2.75, 3.05) is 12.3 Å². The van der Waals surface area contributed by atoms with Gasteiger partial charge in [0.1, 0.15) is 0 Å². The van der Waals surface area contributed by atoms with Crippen LogP contribution in [0.1, 0.15) is 13.8 Å². The maximum atomic E-state index is 11.8. The minimum atomic E-state index is -1.00. The van der Waals surface area contributed by atoms with Crippen LogP contribution in [0.25, 0.3) is 0 Å². The zero-order valence-corrected chi connectivity index (χ0v) is 11.0. The number of aliphatic imine (C=N–C) groups is 1. The lowest BCUT2D eigenvalue weighted by molar-refractivity contribution is 0.682. The van der Waals surface area contributed by atoms with Crippen molar-refractivity contribution >= 4 is 16.8 Å². The van der Waals surface area contributed by atoms with Crippen LogP contribution in [-0.4, -0.2) is 28.5 Å². The monoisotopic (exact) mass is 253 g/mol. The van der Waals surface area contributed by atoms with E-state index in [1.807, 2.05) is 44.2 Å². The van der Waals surface area contributed by atoms with Crippen molar-refractivity contribution in [3.05, 3.63) is 30.3 Å². The molecule has 0 saturated carbocycles. The number of guanidine groups is 1. The van der Waals surface area contributed by atoms with E-state index >= 15 is 0 Å². The minimum Gasteiger partial charge on any atom is -0.370 e. The molecular weight excluding hydrogens is 234 g/mol. The van der Waals surface area contributed by atoms with Crippen molar-refractivity contribution in [2.45, 2.75) is 24.8 Å². The summed E-state index contributed by atoms with van der Waals surface area (Å²) >= 11 is 0. The van der Waals surface area contributed by atoms with Crippen LogP contribution < -0.4 is 11.1 Å². The Morgan fingerprint density at radius 2 is 2.06 bits per heavy atom. The van der Waals surface area contributed by atoms with Crippen molar-refractivity contribution in [3.8, 4) is 0 Å². The number of benzene rings is 1. The van der Waals surface area contributed by atoms with Crippen LogP contribution >= 0.6 is 0 Å². The zero-order valence-electron chi connectivity index (χ0n) is 10.2. The Hall–Kier alpha value is -1.36. The SMILES string of the molecule is CC(C)NC(N)=NCCS(=O)c1ccccc1. The van der Waals surface area contributed by atoms with Gasteiger partial charge in [-0.2, -0.15) is 0 Å². The largest absolute Gasteiger partial charge is 0.370 e. The molecule has 1 rings (SSSR count). The summed E-state index contributed by atoms with van der Waals surface area (Å²) in [5.74, 6) is 0.898. The molecule has 1 aromatic rings. The van der Waals surface area contributed by atoms with Crippen molar-refractivity contribution in [3.63, 3.8) is 0 Å². The second-order valence-electron chi connectivity index (χ2n) is 3.93. The van der Waals surface area contributed by atoms with Gasteiger partial charge in [0.25, 0.3) is 0 Å². The zero-order chi connectivity index (χ0) is 12.7. The van der Waals surface area contributed by atoms with E-state index in [2.05, 4.69) is 10.3 Å².